The van der Waals surface area contributed by atoms with E-state index in [-0.39, 0.29) is 11.9 Å². The predicted octanol–water partition coefficient (Wildman–Crippen LogP) is 1.81. The van der Waals surface area contributed by atoms with E-state index in [2.05, 4.69) is 0 Å². The van der Waals surface area contributed by atoms with Gasteiger partial charge in [-0.1, -0.05) is 6.07 Å². The average Bonchev–Trinajstić information content (AvgIpc) is 3.21. The van der Waals surface area contributed by atoms with Gasteiger partial charge in [0.25, 0.3) is 5.91 Å². The molecular formula is C16H22N2O2. The van der Waals surface area contributed by atoms with Gasteiger partial charge in [0.15, 0.2) is 0 Å². The van der Waals surface area contributed by atoms with Crippen molar-refractivity contribution in [2.24, 2.45) is 17.6 Å². The maximum atomic E-state index is 12.7. The fraction of sp³-hybridized carbons (Fsp3) is 0.562. The van der Waals surface area contributed by atoms with Gasteiger partial charge in [-0.25, -0.2) is 0 Å². The van der Waals surface area contributed by atoms with Crippen LogP contribution in [-0.4, -0.2) is 37.0 Å². The number of hydrogen-bond donors (Lipinski definition) is 1. The van der Waals surface area contributed by atoms with Crippen LogP contribution in [0.3, 0.4) is 0 Å². The summed E-state index contributed by atoms with van der Waals surface area (Å²) >= 11 is 0. The summed E-state index contributed by atoms with van der Waals surface area (Å²) in [5, 5.41) is 0. The molecule has 4 heteroatoms. The molecule has 1 aliphatic carbocycles. The second kappa shape index (κ2) is 5.09. The topological polar surface area (TPSA) is 55.6 Å². The van der Waals surface area contributed by atoms with Crippen molar-refractivity contribution in [2.75, 3.05) is 20.2 Å². The van der Waals surface area contributed by atoms with Gasteiger partial charge in [0.05, 0.1) is 7.11 Å². The van der Waals surface area contributed by atoms with Crippen molar-refractivity contribution in [3.05, 3.63) is 29.3 Å². The van der Waals surface area contributed by atoms with Crippen LogP contribution >= 0.6 is 0 Å². The third-order valence-corrected chi connectivity index (χ3v) is 4.66. The summed E-state index contributed by atoms with van der Waals surface area (Å²) in [6, 6.07) is 5.76. The first-order valence-corrected chi connectivity index (χ1v) is 7.30. The highest BCUT2D eigenvalue weighted by Crippen LogP contribution is 2.41. The third kappa shape index (κ3) is 2.29. The van der Waals surface area contributed by atoms with Crippen molar-refractivity contribution >= 4 is 5.91 Å². The van der Waals surface area contributed by atoms with Gasteiger partial charge in [-0.05, 0) is 43.7 Å². The van der Waals surface area contributed by atoms with Crippen LogP contribution in [0.1, 0.15) is 28.8 Å². The zero-order valence-electron chi connectivity index (χ0n) is 12.1. The molecule has 1 saturated carbocycles. The van der Waals surface area contributed by atoms with Gasteiger partial charge in [-0.15, -0.1) is 0 Å². The SMILES string of the molecule is COc1cccc(C(=O)N2C[C@H](C3CC3)[C@@H](N)C2)c1C. The van der Waals surface area contributed by atoms with Crippen molar-refractivity contribution in [3.8, 4) is 5.75 Å². The van der Waals surface area contributed by atoms with Gasteiger partial charge in [0.1, 0.15) is 5.75 Å². The number of benzene rings is 1. The lowest BCUT2D eigenvalue weighted by molar-refractivity contribution is 0.0783. The Bertz CT molecular complexity index is 525. The molecule has 3 rings (SSSR count). The average molecular weight is 274 g/mol. The summed E-state index contributed by atoms with van der Waals surface area (Å²) in [4.78, 5) is 14.6. The summed E-state index contributed by atoms with van der Waals surface area (Å²) < 4.78 is 5.29. The molecular weight excluding hydrogens is 252 g/mol. The highest BCUT2D eigenvalue weighted by Gasteiger charge is 2.42. The number of hydrogen-bond acceptors (Lipinski definition) is 3. The van der Waals surface area contributed by atoms with Crippen LogP contribution in [0.15, 0.2) is 18.2 Å². The van der Waals surface area contributed by atoms with Crippen molar-refractivity contribution < 1.29 is 9.53 Å². The van der Waals surface area contributed by atoms with E-state index < -0.39 is 0 Å². The van der Waals surface area contributed by atoms with Crippen LogP contribution in [0.25, 0.3) is 0 Å². The Morgan fingerprint density at radius 2 is 2.10 bits per heavy atom. The van der Waals surface area contributed by atoms with Crippen LogP contribution in [0, 0.1) is 18.8 Å². The van der Waals surface area contributed by atoms with Crippen molar-refractivity contribution in [2.45, 2.75) is 25.8 Å². The minimum absolute atomic E-state index is 0.0833. The van der Waals surface area contributed by atoms with E-state index in [1.807, 2.05) is 30.0 Å². The lowest BCUT2D eigenvalue weighted by Crippen LogP contribution is -2.32. The van der Waals surface area contributed by atoms with E-state index in [9.17, 15) is 4.79 Å². The van der Waals surface area contributed by atoms with Gasteiger partial charge in [0, 0.05) is 30.3 Å². The van der Waals surface area contributed by atoms with Crippen LogP contribution in [0.5, 0.6) is 5.75 Å². The summed E-state index contributed by atoms with van der Waals surface area (Å²) in [7, 11) is 1.63. The summed E-state index contributed by atoms with van der Waals surface area (Å²) in [6.07, 6.45) is 2.55. The standard InChI is InChI=1S/C16H22N2O2/c1-10-12(4-3-5-15(10)20-2)16(19)18-8-13(11-6-7-11)14(17)9-18/h3-5,11,13-14H,6-9,17H2,1-2H3/t13-,14+/m1/s1. The molecule has 0 radical (unpaired) electrons. The lowest BCUT2D eigenvalue weighted by Gasteiger charge is -2.18. The quantitative estimate of drug-likeness (QED) is 0.914. The highest BCUT2D eigenvalue weighted by atomic mass is 16.5. The van der Waals surface area contributed by atoms with Crippen LogP contribution in [0.4, 0.5) is 0 Å². The molecule has 2 N–H and O–H groups in total. The Hall–Kier alpha value is -1.55. The molecule has 108 valence electrons. The van der Waals surface area contributed by atoms with E-state index in [1.165, 1.54) is 12.8 Å². The van der Waals surface area contributed by atoms with Gasteiger partial charge in [-0.2, -0.15) is 0 Å². The van der Waals surface area contributed by atoms with Gasteiger partial charge in [-0.3, -0.25) is 4.79 Å². The van der Waals surface area contributed by atoms with E-state index in [0.717, 1.165) is 29.3 Å². The number of nitrogens with two attached hydrogens (primary N) is 1. The molecule has 0 unspecified atom stereocenters. The minimum Gasteiger partial charge on any atom is -0.496 e. The summed E-state index contributed by atoms with van der Waals surface area (Å²) in [6.45, 7) is 3.42. The molecule has 1 aromatic carbocycles. The van der Waals surface area contributed by atoms with Crippen molar-refractivity contribution in [1.29, 1.82) is 0 Å². The number of carbonyl (C=O) groups excluding carboxylic acids is 1. The van der Waals surface area contributed by atoms with Crippen LogP contribution in [0.2, 0.25) is 0 Å². The maximum absolute atomic E-state index is 12.7. The summed E-state index contributed by atoms with van der Waals surface area (Å²) in [5.74, 6) is 2.08. The van der Waals surface area contributed by atoms with Crippen LogP contribution < -0.4 is 10.5 Å². The second-order valence-corrected chi connectivity index (χ2v) is 6.01. The first-order chi connectivity index (χ1) is 9.61. The maximum Gasteiger partial charge on any atom is 0.254 e. The molecule has 0 bridgehead atoms. The normalized spacial score (nSPS) is 25.9. The van der Waals surface area contributed by atoms with E-state index >= 15 is 0 Å². The summed E-state index contributed by atoms with van der Waals surface area (Å²) in [5.41, 5.74) is 7.84. The zero-order chi connectivity index (χ0) is 14.3. The Morgan fingerprint density at radius 3 is 2.75 bits per heavy atom. The second-order valence-electron chi connectivity index (χ2n) is 6.01. The van der Waals surface area contributed by atoms with E-state index in [4.69, 9.17) is 10.5 Å². The molecule has 1 amide bonds. The number of likely N-dealkylation sites (tertiary alicyclic amines) is 1. The van der Waals surface area contributed by atoms with Crippen molar-refractivity contribution in [1.82, 2.24) is 4.90 Å². The van der Waals surface area contributed by atoms with Gasteiger partial charge >= 0.3 is 0 Å². The molecule has 2 fully saturated rings. The number of methoxy groups -OCH3 is 1. The first kappa shape index (κ1) is 13.4. The van der Waals surface area contributed by atoms with Gasteiger partial charge in [0.2, 0.25) is 0 Å². The zero-order valence-corrected chi connectivity index (χ0v) is 12.1. The largest absolute Gasteiger partial charge is 0.496 e. The van der Waals surface area contributed by atoms with Gasteiger partial charge < -0.3 is 15.4 Å². The molecule has 1 aliphatic heterocycles. The molecule has 20 heavy (non-hydrogen) atoms. The Kier molecular flexibility index (Phi) is 3.42. The fourth-order valence-corrected chi connectivity index (χ4v) is 3.28. The molecule has 1 aromatic rings. The number of amides is 1. The molecule has 0 aromatic heterocycles. The van der Waals surface area contributed by atoms with E-state index in [0.29, 0.717) is 12.5 Å². The fourth-order valence-electron chi connectivity index (χ4n) is 3.28. The first-order valence-electron chi connectivity index (χ1n) is 7.30. The number of ether oxygens (including phenoxy) is 1. The van der Waals surface area contributed by atoms with Crippen molar-refractivity contribution in [3.63, 3.8) is 0 Å². The lowest BCUT2D eigenvalue weighted by atomic mass is 9.99. The minimum atomic E-state index is 0.0833. The Balaban J connectivity index is 1.79. The Labute approximate surface area is 119 Å². The Morgan fingerprint density at radius 1 is 1.35 bits per heavy atom. The smallest absolute Gasteiger partial charge is 0.254 e. The van der Waals surface area contributed by atoms with Crippen LogP contribution in [-0.2, 0) is 0 Å². The predicted molar refractivity (Wildman–Crippen MR) is 77.8 cm³/mol. The molecule has 4 nitrogen and oxygen atoms in total. The third-order valence-electron chi connectivity index (χ3n) is 4.66. The highest BCUT2D eigenvalue weighted by molar-refractivity contribution is 5.96. The number of carbonyl (C=O) groups is 1. The monoisotopic (exact) mass is 274 g/mol. The molecule has 2 atom stereocenters. The molecule has 1 heterocycles. The molecule has 1 saturated heterocycles. The number of nitrogens with zero attached hydrogens (tertiary/aromatic N) is 1. The molecule has 0 spiro atoms. The van der Waals surface area contributed by atoms with E-state index in [1.54, 1.807) is 7.11 Å². The number of rotatable bonds is 3. The molecule has 2 aliphatic rings.